The highest BCUT2D eigenvalue weighted by atomic mass is 35.5. The smallest absolute Gasteiger partial charge is 0.142 e. The molecule has 0 unspecified atom stereocenters. The number of rotatable bonds is 1. The molecule has 80 valence electrons. The number of fused-ring (bicyclic) bond motifs is 3. The lowest BCUT2D eigenvalue weighted by atomic mass is 10.1. The SMILES string of the molecule is NCc1cc2cc(Cl)c3ccccc3c2o1. The second-order valence-electron chi connectivity index (χ2n) is 3.74. The first-order chi connectivity index (χ1) is 7.79. The van der Waals surface area contributed by atoms with E-state index in [4.69, 9.17) is 21.8 Å². The average molecular weight is 232 g/mol. The van der Waals surface area contributed by atoms with Gasteiger partial charge in [-0.2, -0.15) is 0 Å². The van der Waals surface area contributed by atoms with Crippen molar-refractivity contribution in [3.63, 3.8) is 0 Å². The Bertz CT molecular complexity index is 672. The number of halogens is 1. The summed E-state index contributed by atoms with van der Waals surface area (Å²) in [6, 6.07) is 11.8. The molecule has 2 N–H and O–H groups in total. The zero-order valence-electron chi connectivity index (χ0n) is 8.53. The topological polar surface area (TPSA) is 39.2 Å². The van der Waals surface area contributed by atoms with Gasteiger partial charge in [-0.1, -0.05) is 35.9 Å². The predicted molar refractivity (Wildman–Crippen MR) is 66.6 cm³/mol. The molecule has 0 aliphatic carbocycles. The highest BCUT2D eigenvalue weighted by molar-refractivity contribution is 6.37. The van der Waals surface area contributed by atoms with E-state index in [-0.39, 0.29) is 0 Å². The lowest BCUT2D eigenvalue weighted by Gasteiger charge is -2.00. The number of benzene rings is 2. The van der Waals surface area contributed by atoms with Crippen LogP contribution in [0.3, 0.4) is 0 Å². The molecule has 0 amide bonds. The van der Waals surface area contributed by atoms with Gasteiger partial charge in [0.2, 0.25) is 0 Å². The fraction of sp³-hybridized carbons (Fsp3) is 0.0769. The summed E-state index contributed by atoms with van der Waals surface area (Å²) >= 11 is 6.22. The van der Waals surface area contributed by atoms with E-state index in [0.717, 1.165) is 32.5 Å². The molecular weight excluding hydrogens is 222 g/mol. The third kappa shape index (κ3) is 1.31. The highest BCUT2D eigenvalue weighted by Gasteiger charge is 2.09. The fourth-order valence-corrected chi connectivity index (χ4v) is 2.26. The van der Waals surface area contributed by atoms with Crippen LogP contribution in [-0.4, -0.2) is 0 Å². The lowest BCUT2D eigenvalue weighted by Crippen LogP contribution is -1.92. The summed E-state index contributed by atoms with van der Waals surface area (Å²) in [5.74, 6) is 0.780. The van der Waals surface area contributed by atoms with E-state index < -0.39 is 0 Å². The Hall–Kier alpha value is -1.51. The molecule has 0 bridgehead atoms. The number of hydrogen-bond donors (Lipinski definition) is 1. The van der Waals surface area contributed by atoms with E-state index in [1.165, 1.54) is 0 Å². The van der Waals surface area contributed by atoms with Gasteiger partial charge in [0.15, 0.2) is 0 Å². The van der Waals surface area contributed by atoms with Crippen LogP contribution in [-0.2, 0) is 6.54 Å². The molecule has 3 heteroatoms. The van der Waals surface area contributed by atoms with Gasteiger partial charge in [-0.25, -0.2) is 0 Å². The monoisotopic (exact) mass is 231 g/mol. The summed E-state index contributed by atoms with van der Waals surface area (Å²) in [6.07, 6.45) is 0. The van der Waals surface area contributed by atoms with Crippen molar-refractivity contribution < 1.29 is 4.42 Å². The van der Waals surface area contributed by atoms with Gasteiger partial charge >= 0.3 is 0 Å². The van der Waals surface area contributed by atoms with Gasteiger partial charge < -0.3 is 10.2 Å². The Morgan fingerprint density at radius 2 is 1.88 bits per heavy atom. The molecule has 0 radical (unpaired) electrons. The first-order valence-corrected chi connectivity index (χ1v) is 5.47. The molecule has 16 heavy (non-hydrogen) atoms. The molecule has 0 saturated carbocycles. The third-order valence-corrected chi connectivity index (χ3v) is 3.04. The van der Waals surface area contributed by atoms with Crippen molar-refractivity contribution in [3.05, 3.63) is 47.2 Å². The van der Waals surface area contributed by atoms with Gasteiger partial charge in [0.25, 0.3) is 0 Å². The van der Waals surface area contributed by atoms with Gasteiger partial charge in [0.05, 0.1) is 6.54 Å². The second kappa shape index (κ2) is 3.51. The summed E-state index contributed by atoms with van der Waals surface area (Å²) < 4.78 is 5.70. The van der Waals surface area contributed by atoms with Crippen LogP contribution < -0.4 is 5.73 Å². The van der Waals surface area contributed by atoms with Gasteiger partial charge in [-0.15, -0.1) is 0 Å². The van der Waals surface area contributed by atoms with E-state index in [1.807, 2.05) is 36.4 Å². The number of hydrogen-bond acceptors (Lipinski definition) is 2. The molecule has 3 aromatic rings. The fourth-order valence-electron chi connectivity index (χ4n) is 1.98. The quantitative estimate of drug-likeness (QED) is 0.694. The van der Waals surface area contributed by atoms with Gasteiger partial charge in [-0.3, -0.25) is 0 Å². The van der Waals surface area contributed by atoms with Crippen molar-refractivity contribution in [1.82, 2.24) is 0 Å². The second-order valence-corrected chi connectivity index (χ2v) is 4.15. The van der Waals surface area contributed by atoms with Crippen LogP contribution >= 0.6 is 11.6 Å². The van der Waals surface area contributed by atoms with Crippen LogP contribution in [0.25, 0.3) is 21.7 Å². The van der Waals surface area contributed by atoms with E-state index in [2.05, 4.69) is 0 Å². The maximum atomic E-state index is 6.22. The van der Waals surface area contributed by atoms with Crippen molar-refractivity contribution in [3.8, 4) is 0 Å². The van der Waals surface area contributed by atoms with Gasteiger partial charge in [0.1, 0.15) is 11.3 Å². The van der Waals surface area contributed by atoms with Crippen molar-refractivity contribution in [2.75, 3.05) is 0 Å². The molecule has 3 rings (SSSR count). The molecule has 0 atom stereocenters. The maximum absolute atomic E-state index is 6.22. The number of furan rings is 1. The summed E-state index contributed by atoms with van der Waals surface area (Å²) in [7, 11) is 0. The van der Waals surface area contributed by atoms with E-state index >= 15 is 0 Å². The Morgan fingerprint density at radius 1 is 1.12 bits per heavy atom. The minimum atomic E-state index is 0.403. The Balaban J connectivity index is 2.52. The van der Waals surface area contributed by atoms with Crippen LogP contribution in [0.2, 0.25) is 5.02 Å². The molecule has 2 aromatic carbocycles. The molecule has 0 aliphatic heterocycles. The zero-order chi connectivity index (χ0) is 11.1. The minimum Gasteiger partial charge on any atom is -0.459 e. The van der Waals surface area contributed by atoms with Crippen molar-refractivity contribution in [2.45, 2.75) is 6.54 Å². The molecular formula is C13H10ClNO. The molecule has 1 aromatic heterocycles. The Labute approximate surface area is 97.6 Å². The largest absolute Gasteiger partial charge is 0.459 e. The summed E-state index contributed by atoms with van der Waals surface area (Å²) in [5, 5.41) is 3.79. The van der Waals surface area contributed by atoms with E-state index in [9.17, 15) is 0 Å². The molecule has 0 fully saturated rings. The predicted octanol–water partition coefficient (Wildman–Crippen LogP) is 3.70. The highest BCUT2D eigenvalue weighted by Crippen LogP contribution is 2.33. The summed E-state index contributed by atoms with van der Waals surface area (Å²) in [5.41, 5.74) is 6.43. The molecule has 1 heterocycles. The summed E-state index contributed by atoms with van der Waals surface area (Å²) in [4.78, 5) is 0. The lowest BCUT2D eigenvalue weighted by molar-refractivity contribution is 0.555. The van der Waals surface area contributed by atoms with Crippen molar-refractivity contribution in [2.24, 2.45) is 5.73 Å². The average Bonchev–Trinajstić information content (AvgIpc) is 2.72. The Morgan fingerprint density at radius 3 is 2.62 bits per heavy atom. The van der Waals surface area contributed by atoms with Crippen LogP contribution in [0.4, 0.5) is 0 Å². The van der Waals surface area contributed by atoms with Crippen molar-refractivity contribution >= 4 is 33.3 Å². The van der Waals surface area contributed by atoms with Crippen LogP contribution in [0.1, 0.15) is 5.76 Å². The first kappa shape index (κ1) is 9.70. The first-order valence-electron chi connectivity index (χ1n) is 5.09. The van der Waals surface area contributed by atoms with Crippen molar-refractivity contribution in [1.29, 1.82) is 0 Å². The van der Waals surface area contributed by atoms with E-state index in [1.54, 1.807) is 0 Å². The van der Waals surface area contributed by atoms with Gasteiger partial charge in [0, 0.05) is 21.2 Å². The molecule has 0 aliphatic rings. The molecule has 0 spiro atoms. The summed E-state index contributed by atoms with van der Waals surface area (Å²) in [6.45, 7) is 0.403. The Kier molecular flexibility index (Phi) is 2.13. The van der Waals surface area contributed by atoms with Crippen LogP contribution in [0.15, 0.2) is 40.8 Å². The van der Waals surface area contributed by atoms with Crippen LogP contribution in [0, 0.1) is 0 Å². The van der Waals surface area contributed by atoms with E-state index in [0.29, 0.717) is 6.54 Å². The normalized spacial score (nSPS) is 11.4. The molecule has 0 saturated heterocycles. The van der Waals surface area contributed by atoms with Crippen LogP contribution in [0.5, 0.6) is 0 Å². The standard InChI is InChI=1S/C13H10ClNO/c14-12-6-8-5-9(7-15)16-13(8)11-4-2-1-3-10(11)12/h1-6H,7,15H2. The minimum absolute atomic E-state index is 0.403. The zero-order valence-corrected chi connectivity index (χ0v) is 9.29. The number of nitrogens with two attached hydrogens (primary N) is 1. The van der Waals surface area contributed by atoms with Gasteiger partial charge in [-0.05, 0) is 12.1 Å². The molecule has 2 nitrogen and oxygen atoms in total. The maximum Gasteiger partial charge on any atom is 0.142 e. The third-order valence-electron chi connectivity index (χ3n) is 2.72.